The number of aromatic amines is 1. The summed E-state index contributed by atoms with van der Waals surface area (Å²) in [7, 11) is -1.50. The van der Waals surface area contributed by atoms with Crippen LogP contribution in [0, 0.1) is 18.3 Å². The standard InChI is InChI=1S/C18H16N6O2S.CH3O.Na/c1-11-7-16(27(25,26)20-2)15(14-5-6-21-17(11)14)10-24-9-12-3-4-13(8-19)22-18(12)23-24;1-2;/h3-7,9,20-21H,10H2,1-2H3;1H3;/q;-1;+1. The van der Waals surface area contributed by atoms with Gasteiger partial charge < -0.3 is 10.1 Å². The average molecular weight is 434 g/mol. The van der Waals surface area contributed by atoms with E-state index in [1.54, 1.807) is 35.3 Å². The normalized spacial score (nSPS) is 10.9. The smallest absolute Gasteiger partial charge is 0.857 e. The fraction of sp³-hybridized carbons (Fsp3) is 0.211. The first-order valence-electron chi connectivity index (χ1n) is 8.61. The van der Waals surface area contributed by atoms with Crippen LogP contribution < -0.4 is 39.4 Å². The first-order chi connectivity index (χ1) is 13.9. The van der Waals surface area contributed by atoms with E-state index >= 15 is 0 Å². The number of aromatic nitrogens is 4. The SMILES string of the molecule is CNS(=O)(=O)c1cc(C)c2[nH]ccc2c1Cn1cc2ccc(C#N)nc2n1.C[O-].[Na+]. The van der Waals surface area contributed by atoms with Crippen molar-refractivity contribution in [1.82, 2.24) is 24.5 Å². The molecular formula is C19H19N6NaO3S. The zero-order valence-electron chi connectivity index (χ0n) is 17.1. The summed E-state index contributed by atoms with van der Waals surface area (Å²) in [5, 5.41) is 23.3. The maximum atomic E-state index is 12.6. The fourth-order valence-electron chi connectivity index (χ4n) is 3.20. The topological polar surface area (TPSA) is 140 Å². The van der Waals surface area contributed by atoms with Crippen LogP contribution in [-0.4, -0.2) is 42.3 Å². The van der Waals surface area contributed by atoms with Gasteiger partial charge in [-0.2, -0.15) is 17.5 Å². The molecule has 4 rings (SSSR count). The van der Waals surface area contributed by atoms with Crippen molar-refractivity contribution in [2.24, 2.45) is 0 Å². The van der Waals surface area contributed by atoms with Crippen LogP contribution in [0.2, 0.25) is 0 Å². The van der Waals surface area contributed by atoms with E-state index in [0.29, 0.717) is 11.2 Å². The molecule has 0 amide bonds. The van der Waals surface area contributed by atoms with Gasteiger partial charge in [0, 0.05) is 34.2 Å². The maximum absolute atomic E-state index is 12.6. The van der Waals surface area contributed by atoms with Gasteiger partial charge in [-0.05, 0) is 43.8 Å². The van der Waals surface area contributed by atoms with E-state index in [1.807, 2.05) is 19.1 Å². The number of fused-ring (bicyclic) bond motifs is 2. The Morgan fingerprint density at radius 2 is 2.03 bits per heavy atom. The zero-order valence-corrected chi connectivity index (χ0v) is 19.9. The van der Waals surface area contributed by atoms with Crippen molar-refractivity contribution in [3.63, 3.8) is 0 Å². The van der Waals surface area contributed by atoms with Crippen LogP contribution in [-0.2, 0) is 16.6 Å². The summed E-state index contributed by atoms with van der Waals surface area (Å²) in [5.41, 5.74) is 3.11. The first-order valence-corrected chi connectivity index (χ1v) is 10.1. The molecule has 0 aliphatic rings. The molecule has 4 aromatic rings. The van der Waals surface area contributed by atoms with Crippen LogP contribution in [0.15, 0.2) is 41.6 Å². The number of aryl methyl sites for hydroxylation is 1. The Balaban J connectivity index is 0.00000104. The molecule has 150 valence electrons. The van der Waals surface area contributed by atoms with Gasteiger partial charge in [-0.1, -0.05) is 0 Å². The van der Waals surface area contributed by atoms with Crippen LogP contribution >= 0.6 is 0 Å². The summed E-state index contributed by atoms with van der Waals surface area (Å²) in [5.74, 6) is 0. The molecule has 11 heteroatoms. The molecular weight excluding hydrogens is 415 g/mol. The molecule has 3 heterocycles. The Morgan fingerprint density at radius 3 is 2.70 bits per heavy atom. The molecule has 0 saturated heterocycles. The number of pyridine rings is 1. The minimum Gasteiger partial charge on any atom is -0.857 e. The summed E-state index contributed by atoms with van der Waals surface area (Å²) in [6.45, 7) is 2.12. The number of nitrogens with one attached hydrogen (secondary N) is 2. The Morgan fingerprint density at radius 1 is 1.30 bits per heavy atom. The quantitative estimate of drug-likeness (QED) is 0.357. The van der Waals surface area contributed by atoms with Crippen LogP contribution in [0.4, 0.5) is 0 Å². The number of nitrogens with zero attached hydrogens (tertiary/aromatic N) is 4. The van der Waals surface area contributed by atoms with Gasteiger partial charge in [0.1, 0.15) is 11.8 Å². The van der Waals surface area contributed by atoms with Crippen molar-refractivity contribution in [2.75, 3.05) is 14.2 Å². The third-order valence-corrected chi connectivity index (χ3v) is 6.00. The molecule has 0 radical (unpaired) electrons. The fourth-order valence-corrected chi connectivity index (χ4v) is 4.26. The number of hydrogen-bond donors (Lipinski definition) is 2. The molecule has 0 atom stereocenters. The van der Waals surface area contributed by atoms with Crippen LogP contribution in [0.1, 0.15) is 16.8 Å². The van der Waals surface area contributed by atoms with E-state index in [-0.39, 0.29) is 46.7 Å². The van der Waals surface area contributed by atoms with Crippen LogP contribution in [0.25, 0.3) is 21.9 Å². The monoisotopic (exact) mass is 434 g/mol. The van der Waals surface area contributed by atoms with E-state index in [1.165, 1.54) is 7.05 Å². The predicted octanol–water partition coefficient (Wildman–Crippen LogP) is -1.97. The molecule has 3 aromatic heterocycles. The molecule has 1 aromatic carbocycles. The molecule has 0 spiro atoms. The van der Waals surface area contributed by atoms with Crippen molar-refractivity contribution in [1.29, 1.82) is 5.26 Å². The van der Waals surface area contributed by atoms with Crippen molar-refractivity contribution in [3.8, 4) is 6.07 Å². The Kier molecular flexibility index (Phi) is 7.76. The Hall–Kier alpha value is -2.26. The average Bonchev–Trinajstić information content (AvgIpc) is 3.37. The van der Waals surface area contributed by atoms with E-state index < -0.39 is 10.0 Å². The molecule has 0 unspecified atom stereocenters. The van der Waals surface area contributed by atoms with E-state index in [2.05, 4.69) is 19.8 Å². The molecule has 9 nitrogen and oxygen atoms in total. The van der Waals surface area contributed by atoms with Gasteiger partial charge in [0.05, 0.1) is 11.4 Å². The molecule has 30 heavy (non-hydrogen) atoms. The van der Waals surface area contributed by atoms with Gasteiger partial charge in [0.2, 0.25) is 10.0 Å². The van der Waals surface area contributed by atoms with E-state index in [4.69, 9.17) is 10.4 Å². The summed E-state index contributed by atoms with van der Waals surface area (Å²) < 4.78 is 29.2. The van der Waals surface area contributed by atoms with Crippen molar-refractivity contribution >= 4 is 32.0 Å². The van der Waals surface area contributed by atoms with Crippen LogP contribution in [0.3, 0.4) is 0 Å². The number of rotatable bonds is 4. The Labute approximate surface area is 196 Å². The Bertz CT molecular complexity index is 1340. The van der Waals surface area contributed by atoms with Gasteiger partial charge >= 0.3 is 29.6 Å². The van der Waals surface area contributed by atoms with Crippen molar-refractivity contribution in [3.05, 3.63) is 53.5 Å². The molecule has 0 saturated carbocycles. The summed E-state index contributed by atoms with van der Waals surface area (Å²) in [6.07, 6.45) is 3.58. The summed E-state index contributed by atoms with van der Waals surface area (Å²) in [4.78, 5) is 7.56. The third-order valence-electron chi connectivity index (χ3n) is 4.52. The number of H-pyrrole nitrogens is 1. The van der Waals surface area contributed by atoms with Crippen molar-refractivity contribution in [2.45, 2.75) is 18.4 Å². The van der Waals surface area contributed by atoms with Gasteiger partial charge in [-0.25, -0.2) is 18.1 Å². The van der Waals surface area contributed by atoms with Gasteiger partial charge in [-0.3, -0.25) is 4.68 Å². The van der Waals surface area contributed by atoms with Gasteiger partial charge in [0.25, 0.3) is 0 Å². The summed E-state index contributed by atoms with van der Waals surface area (Å²) >= 11 is 0. The van der Waals surface area contributed by atoms with E-state index in [9.17, 15) is 8.42 Å². The number of sulfonamides is 1. The molecule has 0 aliphatic heterocycles. The molecule has 0 fully saturated rings. The first kappa shape index (κ1) is 24.0. The second-order valence-electron chi connectivity index (χ2n) is 6.19. The zero-order chi connectivity index (χ0) is 21.2. The number of benzene rings is 1. The van der Waals surface area contributed by atoms with Gasteiger partial charge in [-0.15, -0.1) is 0 Å². The number of hydrogen-bond acceptors (Lipinski definition) is 6. The molecule has 0 aliphatic carbocycles. The second-order valence-corrected chi connectivity index (χ2v) is 8.05. The largest absolute Gasteiger partial charge is 1.00 e. The maximum Gasteiger partial charge on any atom is 1.00 e. The second kappa shape index (κ2) is 9.70. The van der Waals surface area contributed by atoms with Gasteiger partial charge in [0.15, 0.2) is 5.65 Å². The van der Waals surface area contributed by atoms with Crippen molar-refractivity contribution < 1.29 is 43.1 Å². The third kappa shape index (κ3) is 4.41. The minimum atomic E-state index is -3.65. The molecule has 0 bridgehead atoms. The molecule has 2 N–H and O–H groups in total. The summed E-state index contributed by atoms with van der Waals surface area (Å²) in [6, 6.07) is 8.92. The predicted molar refractivity (Wildman–Crippen MR) is 107 cm³/mol. The van der Waals surface area contributed by atoms with Crippen LogP contribution in [0.5, 0.6) is 0 Å². The van der Waals surface area contributed by atoms with E-state index in [0.717, 1.165) is 29.0 Å². The number of nitriles is 1. The minimum absolute atomic E-state index is 0.